The molecular formula is C31H40N8O7. The number of hydrogen-bond acceptors (Lipinski definition) is 7. The van der Waals surface area contributed by atoms with Gasteiger partial charge in [0.15, 0.2) is 5.96 Å². The Labute approximate surface area is 265 Å². The molecule has 3 aromatic rings. The molecule has 2 aromatic carbocycles. The molecule has 0 aliphatic rings. The Morgan fingerprint density at radius 1 is 0.783 bits per heavy atom. The molecule has 15 heteroatoms. The number of carboxylic acid groups (broad SMARTS) is 2. The molecule has 46 heavy (non-hydrogen) atoms. The fourth-order valence-electron chi connectivity index (χ4n) is 4.81. The average Bonchev–Trinajstić information content (AvgIpc) is 3.42. The number of amides is 3. The average molecular weight is 637 g/mol. The lowest BCUT2D eigenvalue weighted by atomic mass is 10.0. The van der Waals surface area contributed by atoms with Crippen molar-refractivity contribution in [3.05, 3.63) is 71.9 Å². The van der Waals surface area contributed by atoms with Gasteiger partial charge >= 0.3 is 11.9 Å². The lowest BCUT2D eigenvalue weighted by Crippen LogP contribution is -2.57. The highest BCUT2D eigenvalue weighted by Crippen LogP contribution is 2.19. The van der Waals surface area contributed by atoms with Gasteiger partial charge in [0.2, 0.25) is 17.7 Å². The van der Waals surface area contributed by atoms with Gasteiger partial charge in [-0.05, 0) is 42.9 Å². The summed E-state index contributed by atoms with van der Waals surface area (Å²) in [5.74, 6) is -4.98. The second-order valence-electron chi connectivity index (χ2n) is 10.8. The minimum atomic E-state index is -1.36. The molecule has 4 atom stereocenters. The van der Waals surface area contributed by atoms with Gasteiger partial charge in [0.05, 0.1) is 6.04 Å². The maximum Gasteiger partial charge on any atom is 0.326 e. The van der Waals surface area contributed by atoms with Gasteiger partial charge in [-0.1, -0.05) is 48.5 Å². The first-order valence-corrected chi connectivity index (χ1v) is 14.7. The molecule has 0 radical (unpaired) electrons. The number of benzene rings is 2. The van der Waals surface area contributed by atoms with Crippen LogP contribution in [0.5, 0.6) is 0 Å². The van der Waals surface area contributed by atoms with E-state index in [1.807, 2.05) is 24.3 Å². The summed E-state index contributed by atoms with van der Waals surface area (Å²) in [5, 5.41) is 27.4. The van der Waals surface area contributed by atoms with Crippen LogP contribution in [0.2, 0.25) is 0 Å². The molecular weight excluding hydrogens is 596 g/mol. The molecule has 12 N–H and O–H groups in total. The molecule has 0 bridgehead atoms. The van der Waals surface area contributed by atoms with E-state index in [9.17, 15) is 34.2 Å². The summed E-state index contributed by atoms with van der Waals surface area (Å²) >= 11 is 0. The van der Waals surface area contributed by atoms with Crippen molar-refractivity contribution in [3.63, 3.8) is 0 Å². The molecule has 1 heterocycles. The maximum atomic E-state index is 13.4. The van der Waals surface area contributed by atoms with Crippen LogP contribution in [-0.2, 0) is 36.8 Å². The number of aromatic amines is 1. The highest BCUT2D eigenvalue weighted by atomic mass is 16.4. The number of rotatable bonds is 18. The molecule has 0 aliphatic carbocycles. The minimum Gasteiger partial charge on any atom is -0.481 e. The van der Waals surface area contributed by atoms with Crippen LogP contribution in [0.15, 0.2) is 65.8 Å². The van der Waals surface area contributed by atoms with E-state index in [2.05, 4.69) is 25.9 Å². The molecule has 0 aliphatic heterocycles. The lowest BCUT2D eigenvalue weighted by molar-refractivity contribution is -0.142. The molecule has 0 saturated carbocycles. The van der Waals surface area contributed by atoms with Crippen LogP contribution < -0.4 is 33.2 Å². The predicted octanol–water partition coefficient (Wildman–Crippen LogP) is -0.262. The first kappa shape index (κ1) is 35.0. The van der Waals surface area contributed by atoms with E-state index in [0.29, 0.717) is 5.56 Å². The summed E-state index contributed by atoms with van der Waals surface area (Å²) in [5.41, 5.74) is 19.2. The summed E-state index contributed by atoms with van der Waals surface area (Å²) in [7, 11) is 0. The molecule has 3 rings (SSSR count). The number of nitrogens with one attached hydrogen (secondary N) is 4. The molecule has 246 valence electrons. The van der Waals surface area contributed by atoms with Crippen LogP contribution in [0.1, 0.15) is 36.8 Å². The number of guanidine groups is 1. The summed E-state index contributed by atoms with van der Waals surface area (Å²) in [4.78, 5) is 70.2. The van der Waals surface area contributed by atoms with E-state index in [0.717, 1.165) is 16.5 Å². The number of carboxylic acids is 2. The van der Waals surface area contributed by atoms with Gasteiger partial charge in [-0.3, -0.25) is 24.2 Å². The number of nitrogens with zero attached hydrogens (tertiary/aromatic N) is 1. The molecule has 0 spiro atoms. The number of fused-ring (bicyclic) bond motifs is 1. The largest absolute Gasteiger partial charge is 0.481 e. The van der Waals surface area contributed by atoms with Gasteiger partial charge in [-0.2, -0.15) is 0 Å². The van der Waals surface area contributed by atoms with Crippen LogP contribution >= 0.6 is 0 Å². The molecule has 4 unspecified atom stereocenters. The van der Waals surface area contributed by atoms with Crippen LogP contribution in [0, 0.1) is 0 Å². The smallest absolute Gasteiger partial charge is 0.326 e. The Kier molecular flexibility index (Phi) is 13.1. The van der Waals surface area contributed by atoms with Crippen molar-refractivity contribution in [2.45, 2.75) is 62.7 Å². The van der Waals surface area contributed by atoms with E-state index in [4.69, 9.17) is 17.2 Å². The number of hydrogen-bond donors (Lipinski definition) is 9. The Morgan fingerprint density at radius 3 is 2.04 bits per heavy atom. The quantitative estimate of drug-likeness (QED) is 0.0501. The van der Waals surface area contributed by atoms with Crippen molar-refractivity contribution in [1.82, 2.24) is 20.9 Å². The van der Waals surface area contributed by atoms with Gasteiger partial charge in [-0.15, -0.1) is 0 Å². The highest BCUT2D eigenvalue weighted by Gasteiger charge is 2.31. The Bertz CT molecular complexity index is 1540. The molecule has 3 amide bonds. The van der Waals surface area contributed by atoms with E-state index in [1.54, 1.807) is 36.5 Å². The fourth-order valence-corrected chi connectivity index (χ4v) is 4.81. The fraction of sp³-hybridized carbons (Fsp3) is 0.355. The van der Waals surface area contributed by atoms with Crippen molar-refractivity contribution in [1.29, 1.82) is 0 Å². The number of aliphatic carboxylic acids is 2. The van der Waals surface area contributed by atoms with E-state index in [-0.39, 0.29) is 44.6 Å². The zero-order chi connectivity index (χ0) is 33.6. The Hall–Kier alpha value is -5.44. The predicted molar refractivity (Wildman–Crippen MR) is 170 cm³/mol. The second kappa shape index (κ2) is 17.2. The van der Waals surface area contributed by atoms with Crippen molar-refractivity contribution < 1.29 is 34.2 Å². The summed E-state index contributed by atoms with van der Waals surface area (Å²) in [6.45, 7) is 0.121. The van der Waals surface area contributed by atoms with E-state index in [1.165, 1.54) is 0 Å². The number of carbonyl (C=O) groups is 5. The number of aliphatic imine (C=N–C) groups is 1. The van der Waals surface area contributed by atoms with Crippen LogP contribution in [0.25, 0.3) is 10.9 Å². The normalized spacial score (nSPS) is 13.5. The van der Waals surface area contributed by atoms with Crippen LogP contribution in [0.3, 0.4) is 0 Å². The standard InChI is InChI=1S/C31H40N8O7/c32-21(16-19-17-36-22-10-5-4-9-20(19)22)27(42)37-24(12-13-26(40)41)29(44)38-23(11-6-14-35-31(33)34)28(43)39-25(30(45)46)15-18-7-2-1-3-8-18/h1-5,7-10,17,21,23-25,36H,6,11-16,32H2,(H,37,42)(H,38,44)(H,39,43)(H,40,41)(H,45,46)(H4,33,34,35). The minimum absolute atomic E-state index is 0.00566. The number of H-pyrrole nitrogens is 1. The van der Waals surface area contributed by atoms with Crippen molar-refractivity contribution in [3.8, 4) is 0 Å². The number of aromatic nitrogens is 1. The molecule has 0 fully saturated rings. The van der Waals surface area contributed by atoms with E-state index < -0.39 is 60.2 Å². The van der Waals surface area contributed by atoms with Crippen molar-refractivity contribution >= 4 is 46.5 Å². The number of carbonyl (C=O) groups excluding carboxylic acids is 3. The van der Waals surface area contributed by atoms with Crippen molar-refractivity contribution in [2.24, 2.45) is 22.2 Å². The van der Waals surface area contributed by atoms with E-state index >= 15 is 0 Å². The zero-order valence-corrected chi connectivity index (χ0v) is 25.1. The third-order valence-electron chi connectivity index (χ3n) is 7.21. The number of para-hydroxylation sites is 1. The van der Waals surface area contributed by atoms with Gasteiger partial charge in [0, 0.05) is 36.5 Å². The lowest BCUT2D eigenvalue weighted by Gasteiger charge is -2.25. The van der Waals surface area contributed by atoms with Crippen LogP contribution in [-0.4, -0.2) is 81.5 Å². The first-order valence-electron chi connectivity index (χ1n) is 14.7. The first-order chi connectivity index (χ1) is 21.9. The van der Waals surface area contributed by atoms with Crippen LogP contribution in [0.4, 0.5) is 0 Å². The van der Waals surface area contributed by atoms with Gasteiger partial charge in [-0.25, -0.2) is 4.79 Å². The van der Waals surface area contributed by atoms with Gasteiger partial charge in [0.25, 0.3) is 0 Å². The maximum absolute atomic E-state index is 13.4. The Balaban J connectivity index is 1.74. The monoisotopic (exact) mass is 636 g/mol. The zero-order valence-electron chi connectivity index (χ0n) is 25.1. The summed E-state index contributed by atoms with van der Waals surface area (Å²) in [6, 6.07) is 11.1. The second-order valence-corrected chi connectivity index (χ2v) is 10.8. The highest BCUT2D eigenvalue weighted by molar-refractivity contribution is 5.94. The van der Waals surface area contributed by atoms with Crippen molar-refractivity contribution in [2.75, 3.05) is 6.54 Å². The Morgan fingerprint density at radius 2 is 1.39 bits per heavy atom. The molecule has 15 nitrogen and oxygen atoms in total. The molecule has 0 saturated heterocycles. The molecule has 1 aromatic heterocycles. The SMILES string of the molecule is NC(N)=NCCCC(NC(=O)C(CCC(=O)O)NC(=O)C(N)Cc1c[nH]c2ccccc12)C(=O)NC(Cc1ccccc1)C(=O)O. The topological polar surface area (TPSA) is 268 Å². The third kappa shape index (κ3) is 10.9. The summed E-state index contributed by atoms with van der Waals surface area (Å²) < 4.78 is 0. The van der Waals surface area contributed by atoms with Gasteiger partial charge < -0.3 is 48.3 Å². The third-order valence-corrected chi connectivity index (χ3v) is 7.21. The van der Waals surface area contributed by atoms with Gasteiger partial charge in [0.1, 0.15) is 18.1 Å². The number of nitrogens with two attached hydrogens (primary N) is 3. The summed E-state index contributed by atoms with van der Waals surface area (Å²) in [6.07, 6.45) is 1.34.